The first kappa shape index (κ1) is 30.0. The van der Waals surface area contributed by atoms with Crippen molar-refractivity contribution in [2.24, 2.45) is 5.92 Å². The van der Waals surface area contributed by atoms with E-state index in [1.807, 2.05) is 60.7 Å². The number of H-pyrrole nitrogens is 2. The number of ketones is 1. The number of carbonyl (C=O) groups is 1. The fourth-order valence-corrected chi connectivity index (χ4v) is 6.97. The Bertz CT molecular complexity index is 2130. The van der Waals surface area contributed by atoms with Crippen LogP contribution in [0.15, 0.2) is 110 Å². The number of nitrogens with one attached hydrogen (secondary N) is 2. The molecule has 2 N–H and O–H groups in total. The van der Waals surface area contributed by atoms with Gasteiger partial charge >= 0.3 is 0 Å². The molecule has 0 radical (unpaired) electrons. The Labute approximate surface area is 282 Å². The number of Topliss-reactive ketones (excluding diaryl/α,β-unsaturated/α-hetero) is 1. The smallest absolute Gasteiger partial charge is 0.186 e. The minimum atomic E-state index is -0.399. The van der Waals surface area contributed by atoms with Gasteiger partial charge in [0.25, 0.3) is 0 Å². The zero-order chi connectivity index (χ0) is 33.3. The van der Waals surface area contributed by atoms with Gasteiger partial charge in [0.15, 0.2) is 11.5 Å². The molecular weight excluding hydrogens is 610 g/mol. The highest BCUT2D eigenvalue weighted by molar-refractivity contribution is 6.01. The lowest BCUT2D eigenvalue weighted by Crippen LogP contribution is -2.31. The SMILES string of the molecule is N#Cc1n[nH]c2c1C=CC(c1ccccc1)(c1ccncn1)C2.O=C(c1n[nH]c2c1C=CC(c1ccccc1)(c1ccncn1)C2)C1CC1. The van der Waals surface area contributed by atoms with E-state index in [9.17, 15) is 4.79 Å². The standard InChI is InChI=1S/C21H18N4O.C18H13N5/c26-20(14-6-7-14)19-16-8-10-21(12-17(16)24-25-19,15-4-2-1-3-5-15)18-9-11-22-13-23-18;19-11-16-14-6-8-18(10-15(14)22-23-16,13-4-2-1-3-5-13)17-7-9-20-12-21-17/h1-5,8-11,13-14H,6-7,12H2,(H,24,25);1-9,12H,10H2,(H,22,23). The maximum Gasteiger partial charge on any atom is 0.186 e. The molecule has 3 aliphatic rings. The minimum Gasteiger partial charge on any atom is -0.292 e. The molecule has 0 bridgehead atoms. The number of nitrogens with zero attached hydrogens (tertiary/aromatic N) is 7. The van der Waals surface area contributed by atoms with Crippen molar-refractivity contribution >= 4 is 17.9 Å². The summed E-state index contributed by atoms with van der Waals surface area (Å²) < 4.78 is 0. The molecule has 10 nitrogen and oxygen atoms in total. The number of allylic oxidation sites excluding steroid dienone is 2. The quantitative estimate of drug-likeness (QED) is 0.211. The van der Waals surface area contributed by atoms with Gasteiger partial charge in [0.05, 0.1) is 22.2 Å². The van der Waals surface area contributed by atoms with E-state index in [0.29, 0.717) is 24.2 Å². The van der Waals surface area contributed by atoms with E-state index in [2.05, 4.69) is 82.8 Å². The van der Waals surface area contributed by atoms with Crippen LogP contribution in [-0.4, -0.2) is 46.1 Å². The second-order valence-corrected chi connectivity index (χ2v) is 12.6. The van der Waals surface area contributed by atoms with Gasteiger partial charge in [0, 0.05) is 53.7 Å². The lowest BCUT2D eigenvalue weighted by molar-refractivity contribution is 0.0962. The number of aromatic amines is 2. The van der Waals surface area contributed by atoms with Crippen molar-refractivity contribution in [2.45, 2.75) is 36.5 Å². The maximum absolute atomic E-state index is 12.5. The van der Waals surface area contributed by atoms with E-state index >= 15 is 0 Å². The van der Waals surface area contributed by atoms with Gasteiger partial charge < -0.3 is 0 Å². The lowest BCUT2D eigenvalue weighted by Gasteiger charge is -2.33. The van der Waals surface area contributed by atoms with Gasteiger partial charge in [-0.25, -0.2) is 19.9 Å². The predicted molar refractivity (Wildman–Crippen MR) is 183 cm³/mol. The second kappa shape index (κ2) is 12.4. The van der Waals surface area contributed by atoms with Crippen molar-refractivity contribution in [3.05, 3.63) is 166 Å². The van der Waals surface area contributed by atoms with Crippen LogP contribution in [0, 0.1) is 17.2 Å². The summed E-state index contributed by atoms with van der Waals surface area (Å²) in [4.78, 5) is 29.6. The number of hydrogen-bond donors (Lipinski definition) is 2. The molecule has 1 fully saturated rings. The van der Waals surface area contributed by atoms with Crippen LogP contribution in [0.3, 0.4) is 0 Å². The van der Waals surface area contributed by atoms with Crippen LogP contribution in [0.5, 0.6) is 0 Å². The molecule has 2 aromatic carbocycles. The average Bonchev–Trinajstić information content (AvgIpc) is 3.83. The molecule has 9 rings (SSSR count). The normalized spacial score (nSPS) is 20.3. The Morgan fingerprint density at radius 1 is 0.714 bits per heavy atom. The van der Waals surface area contributed by atoms with Crippen LogP contribution in [0.1, 0.15) is 74.1 Å². The van der Waals surface area contributed by atoms with Gasteiger partial charge in [-0.3, -0.25) is 15.0 Å². The first-order chi connectivity index (χ1) is 24.1. The highest BCUT2D eigenvalue weighted by atomic mass is 16.1. The first-order valence-electron chi connectivity index (χ1n) is 16.2. The van der Waals surface area contributed by atoms with Crippen LogP contribution in [0.2, 0.25) is 0 Å². The largest absolute Gasteiger partial charge is 0.292 e. The second-order valence-electron chi connectivity index (χ2n) is 12.6. The number of aromatic nitrogens is 8. The molecule has 0 spiro atoms. The van der Waals surface area contributed by atoms with E-state index in [1.165, 1.54) is 0 Å². The molecule has 49 heavy (non-hydrogen) atoms. The van der Waals surface area contributed by atoms with Crippen LogP contribution in [-0.2, 0) is 23.7 Å². The zero-order valence-corrected chi connectivity index (χ0v) is 26.5. The molecule has 0 aliphatic heterocycles. The third-order valence-electron chi connectivity index (χ3n) is 9.69. The summed E-state index contributed by atoms with van der Waals surface area (Å²) in [6.45, 7) is 0. The van der Waals surface area contributed by atoms with Crippen LogP contribution in [0.25, 0.3) is 12.2 Å². The summed E-state index contributed by atoms with van der Waals surface area (Å²) >= 11 is 0. The molecular formula is C39H31N9O. The molecule has 4 heterocycles. The molecule has 2 atom stereocenters. The third kappa shape index (κ3) is 5.35. The van der Waals surface area contributed by atoms with Crippen molar-refractivity contribution in [3.63, 3.8) is 0 Å². The maximum atomic E-state index is 12.5. The lowest BCUT2D eigenvalue weighted by atomic mass is 9.70. The van der Waals surface area contributed by atoms with E-state index in [1.54, 1.807) is 25.0 Å². The number of hydrogen-bond acceptors (Lipinski definition) is 8. The van der Waals surface area contributed by atoms with Crippen LogP contribution >= 0.6 is 0 Å². The molecule has 4 aromatic heterocycles. The van der Waals surface area contributed by atoms with Crippen LogP contribution in [0.4, 0.5) is 0 Å². The Kier molecular flexibility index (Phi) is 7.57. The highest BCUT2D eigenvalue weighted by Gasteiger charge is 2.40. The predicted octanol–water partition coefficient (Wildman–Crippen LogP) is 5.97. The Balaban J connectivity index is 0.000000143. The number of nitriles is 1. The van der Waals surface area contributed by atoms with Crippen molar-refractivity contribution in [1.29, 1.82) is 5.26 Å². The average molecular weight is 642 g/mol. The highest BCUT2D eigenvalue weighted by Crippen LogP contribution is 2.43. The minimum absolute atomic E-state index is 0.165. The van der Waals surface area contributed by atoms with Crippen LogP contribution < -0.4 is 0 Å². The van der Waals surface area contributed by atoms with Gasteiger partial charge in [0.1, 0.15) is 24.4 Å². The molecule has 238 valence electrons. The molecule has 2 unspecified atom stereocenters. The van der Waals surface area contributed by atoms with E-state index in [4.69, 9.17) is 5.26 Å². The molecule has 10 heteroatoms. The summed E-state index contributed by atoms with van der Waals surface area (Å²) in [5.41, 5.74) is 8.13. The summed E-state index contributed by atoms with van der Waals surface area (Å²) in [5, 5.41) is 23.7. The number of rotatable bonds is 6. The Morgan fingerprint density at radius 3 is 1.76 bits per heavy atom. The monoisotopic (exact) mass is 641 g/mol. The molecule has 0 saturated heterocycles. The molecule has 0 amide bonds. The molecule has 3 aliphatic carbocycles. The Morgan fingerprint density at radius 2 is 1.24 bits per heavy atom. The van der Waals surface area contributed by atoms with Crippen molar-refractivity contribution in [3.8, 4) is 6.07 Å². The van der Waals surface area contributed by atoms with Gasteiger partial charge in [-0.15, -0.1) is 0 Å². The van der Waals surface area contributed by atoms with Gasteiger partial charge in [-0.2, -0.15) is 15.5 Å². The number of fused-ring (bicyclic) bond motifs is 2. The van der Waals surface area contributed by atoms with Gasteiger partial charge in [-0.05, 0) is 36.1 Å². The topological polar surface area (TPSA) is 150 Å². The fourth-order valence-electron chi connectivity index (χ4n) is 6.97. The first-order valence-corrected chi connectivity index (χ1v) is 16.2. The van der Waals surface area contributed by atoms with Gasteiger partial charge in [0.2, 0.25) is 0 Å². The van der Waals surface area contributed by atoms with E-state index in [0.717, 1.165) is 57.9 Å². The van der Waals surface area contributed by atoms with Gasteiger partial charge in [-0.1, -0.05) is 85.0 Å². The summed E-state index contributed by atoms with van der Waals surface area (Å²) in [6.07, 6.45) is 18.3. The van der Waals surface area contributed by atoms with Crippen molar-refractivity contribution < 1.29 is 4.79 Å². The molecule has 6 aromatic rings. The molecule has 1 saturated carbocycles. The summed E-state index contributed by atoms with van der Waals surface area (Å²) in [5.74, 6) is 0.333. The number of benzene rings is 2. The Hall–Kier alpha value is -6.34. The zero-order valence-electron chi connectivity index (χ0n) is 26.5. The third-order valence-corrected chi connectivity index (χ3v) is 9.69. The van der Waals surface area contributed by atoms with E-state index < -0.39 is 10.8 Å². The van der Waals surface area contributed by atoms with E-state index in [-0.39, 0.29) is 11.7 Å². The fraction of sp³-hybridized carbons (Fsp3) is 0.179. The summed E-state index contributed by atoms with van der Waals surface area (Å²) in [7, 11) is 0. The van der Waals surface area contributed by atoms with Crippen molar-refractivity contribution in [2.75, 3.05) is 0 Å². The summed E-state index contributed by atoms with van der Waals surface area (Å²) in [6, 6.07) is 26.6. The van der Waals surface area contributed by atoms with Crippen molar-refractivity contribution in [1.82, 2.24) is 40.3 Å². The number of carbonyl (C=O) groups excluding carboxylic acids is 1.